The number of rotatable bonds is 5. The van der Waals surface area contributed by atoms with Gasteiger partial charge >= 0.3 is 0 Å². The molecule has 0 bridgehead atoms. The molecule has 2 N–H and O–H groups in total. The summed E-state index contributed by atoms with van der Waals surface area (Å²) >= 11 is 0. The van der Waals surface area contributed by atoms with Gasteiger partial charge in [0.15, 0.2) is 0 Å². The van der Waals surface area contributed by atoms with Gasteiger partial charge in [-0.1, -0.05) is 13.8 Å². The zero-order chi connectivity index (χ0) is 13.7. The fourth-order valence-electron chi connectivity index (χ4n) is 2.25. The lowest BCUT2D eigenvalue weighted by molar-refractivity contribution is -0.123. The minimum atomic E-state index is -0.136. The van der Waals surface area contributed by atoms with Crippen molar-refractivity contribution in [3.8, 4) is 0 Å². The van der Waals surface area contributed by atoms with Crippen LogP contribution >= 0.6 is 0 Å². The van der Waals surface area contributed by atoms with Gasteiger partial charge in [-0.3, -0.25) is 4.79 Å². The molecule has 2 heterocycles. The molecule has 1 aliphatic rings. The Kier molecular flexibility index (Phi) is 4.54. The van der Waals surface area contributed by atoms with Crippen LogP contribution in [0.3, 0.4) is 0 Å². The fraction of sp³-hybridized carbons (Fsp3) is 0.615. The fourth-order valence-corrected chi connectivity index (χ4v) is 2.25. The average Bonchev–Trinajstić information content (AvgIpc) is 2.45. The van der Waals surface area contributed by atoms with Crippen molar-refractivity contribution in [1.82, 2.24) is 15.3 Å². The quantitative estimate of drug-likeness (QED) is 0.830. The highest BCUT2D eigenvalue weighted by atomic mass is 16.2. The number of nitrogens with one attached hydrogen (secondary N) is 2. The maximum atomic E-state index is 11.9. The van der Waals surface area contributed by atoms with E-state index in [0.29, 0.717) is 6.54 Å². The number of piperazine rings is 1. The van der Waals surface area contributed by atoms with Crippen molar-refractivity contribution in [1.29, 1.82) is 0 Å². The lowest BCUT2D eigenvalue weighted by Gasteiger charge is -2.35. The van der Waals surface area contributed by atoms with E-state index in [1.54, 1.807) is 6.33 Å². The molecule has 19 heavy (non-hydrogen) atoms. The van der Waals surface area contributed by atoms with Gasteiger partial charge in [0.05, 0.1) is 0 Å². The van der Waals surface area contributed by atoms with Crippen LogP contribution in [0.5, 0.6) is 0 Å². The van der Waals surface area contributed by atoms with Gasteiger partial charge < -0.3 is 15.5 Å². The number of amides is 1. The second kappa shape index (κ2) is 6.36. The van der Waals surface area contributed by atoms with E-state index in [1.165, 1.54) is 0 Å². The minimum absolute atomic E-state index is 0.0791. The Morgan fingerprint density at radius 2 is 2.32 bits per heavy atom. The lowest BCUT2D eigenvalue weighted by atomic mass is 10.1. The normalized spacial score (nSPS) is 19.2. The zero-order valence-corrected chi connectivity index (χ0v) is 11.5. The lowest BCUT2D eigenvalue weighted by Crippen LogP contribution is -2.55. The maximum Gasteiger partial charge on any atom is 0.242 e. The summed E-state index contributed by atoms with van der Waals surface area (Å²) in [7, 11) is 0. The van der Waals surface area contributed by atoms with Gasteiger partial charge in [0.25, 0.3) is 0 Å². The van der Waals surface area contributed by atoms with Crippen LogP contribution in [0.2, 0.25) is 0 Å². The molecule has 0 radical (unpaired) electrons. The predicted molar refractivity (Wildman–Crippen MR) is 75.2 cm³/mol. The monoisotopic (exact) mass is 263 g/mol. The first kappa shape index (κ1) is 13.6. The van der Waals surface area contributed by atoms with Crippen molar-refractivity contribution in [2.24, 2.45) is 0 Å². The van der Waals surface area contributed by atoms with Crippen molar-refractivity contribution in [3.63, 3.8) is 0 Å². The first-order valence-corrected chi connectivity index (χ1v) is 6.86. The third-order valence-electron chi connectivity index (χ3n) is 3.22. The van der Waals surface area contributed by atoms with E-state index >= 15 is 0 Å². The number of anilines is 2. The van der Waals surface area contributed by atoms with Gasteiger partial charge in [0.1, 0.15) is 24.0 Å². The number of carbonyl (C=O) groups excluding carboxylic acids is 1. The molecular formula is C13H21N5O. The van der Waals surface area contributed by atoms with Crippen molar-refractivity contribution in [2.45, 2.75) is 32.7 Å². The molecule has 1 aliphatic heterocycles. The van der Waals surface area contributed by atoms with Gasteiger partial charge in [-0.25, -0.2) is 9.97 Å². The summed E-state index contributed by atoms with van der Waals surface area (Å²) in [5.41, 5.74) is 0. The van der Waals surface area contributed by atoms with E-state index in [4.69, 9.17) is 0 Å². The summed E-state index contributed by atoms with van der Waals surface area (Å²) in [6.45, 7) is 6.46. The van der Waals surface area contributed by atoms with Crippen molar-refractivity contribution in [3.05, 3.63) is 12.4 Å². The molecule has 0 saturated carbocycles. The van der Waals surface area contributed by atoms with Crippen LogP contribution in [0.25, 0.3) is 0 Å². The molecule has 1 fully saturated rings. The number of carbonyl (C=O) groups is 1. The maximum absolute atomic E-state index is 11.9. The van der Waals surface area contributed by atoms with Gasteiger partial charge in [-0.15, -0.1) is 0 Å². The molecule has 6 nitrogen and oxygen atoms in total. The summed E-state index contributed by atoms with van der Waals surface area (Å²) < 4.78 is 0. The molecule has 0 aliphatic carbocycles. The second-order valence-electron chi connectivity index (χ2n) is 4.60. The van der Waals surface area contributed by atoms with Gasteiger partial charge in [0, 0.05) is 25.7 Å². The van der Waals surface area contributed by atoms with Crippen molar-refractivity contribution in [2.75, 3.05) is 29.9 Å². The SMILES string of the molecule is CCCNc1cc(N2CCNC(=O)C2CC)ncn1. The van der Waals surface area contributed by atoms with E-state index in [0.717, 1.165) is 37.6 Å². The van der Waals surface area contributed by atoms with E-state index in [2.05, 4.69) is 32.4 Å². The van der Waals surface area contributed by atoms with Crippen LogP contribution in [-0.4, -0.2) is 41.6 Å². The van der Waals surface area contributed by atoms with Crippen LogP contribution in [0.1, 0.15) is 26.7 Å². The Morgan fingerprint density at radius 3 is 3.05 bits per heavy atom. The minimum Gasteiger partial charge on any atom is -0.370 e. The first-order chi connectivity index (χ1) is 9.26. The molecule has 1 amide bonds. The van der Waals surface area contributed by atoms with Gasteiger partial charge in [-0.05, 0) is 12.8 Å². The average molecular weight is 263 g/mol. The van der Waals surface area contributed by atoms with E-state index in [1.807, 2.05) is 13.0 Å². The largest absolute Gasteiger partial charge is 0.370 e. The number of hydrogen-bond acceptors (Lipinski definition) is 5. The molecule has 1 aromatic rings. The third-order valence-corrected chi connectivity index (χ3v) is 3.22. The number of aromatic nitrogens is 2. The Morgan fingerprint density at radius 1 is 1.47 bits per heavy atom. The first-order valence-electron chi connectivity index (χ1n) is 6.86. The Labute approximate surface area is 113 Å². The number of nitrogens with zero attached hydrogens (tertiary/aromatic N) is 3. The standard InChI is InChI=1S/C13H21N5O/c1-3-5-14-11-8-12(17-9-16-11)18-7-6-15-13(19)10(18)4-2/h8-10H,3-7H2,1-2H3,(H,15,19)(H,14,16,17). The highest BCUT2D eigenvalue weighted by Gasteiger charge is 2.29. The Bertz CT molecular complexity index is 437. The van der Waals surface area contributed by atoms with Crippen molar-refractivity contribution >= 4 is 17.5 Å². The van der Waals surface area contributed by atoms with Crippen LogP contribution < -0.4 is 15.5 Å². The summed E-state index contributed by atoms with van der Waals surface area (Å²) in [5, 5.41) is 6.13. The third kappa shape index (κ3) is 3.13. The van der Waals surface area contributed by atoms with E-state index in [9.17, 15) is 4.79 Å². The zero-order valence-electron chi connectivity index (χ0n) is 11.5. The Hall–Kier alpha value is -1.85. The van der Waals surface area contributed by atoms with Crippen LogP contribution in [0, 0.1) is 0 Å². The predicted octanol–water partition coefficient (Wildman–Crippen LogP) is 1.01. The smallest absolute Gasteiger partial charge is 0.242 e. The summed E-state index contributed by atoms with van der Waals surface area (Å²) in [6.07, 6.45) is 3.36. The molecule has 104 valence electrons. The molecule has 0 aromatic carbocycles. The van der Waals surface area contributed by atoms with Gasteiger partial charge in [-0.2, -0.15) is 0 Å². The highest BCUT2D eigenvalue weighted by Crippen LogP contribution is 2.19. The van der Waals surface area contributed by atoms with Crippen LogP contribution in [-0.2, 0) is 4.79 Å². The highest BCUT2D eigenvalue weighted by molar-refractivity contribution is 5.86. The van der Waals surface area contributed by atoms with E-state index in [-0.39, 0.29) is 11.9 Å². The molecule has 1 aromatic heterocycles. The summed E-state index contributed by atoms with van der Waals surface area (Å²) in [6, 6.07) is 1.78. The van der Waals surface area contributed by atoms with E-state index < -0.39 is 0 Å². The molecule has 0 spiro atoms. The molecule has 6 heteroatoms. The topological polar surface area (TPSA) is 70.2 Å². The summed E-state index contributed by atoms with van der Waals surface area (Å²) in [5.74, 6) is 1.71. The molecule has 1 unspecified atom stereocenters. The molecule has 1 saturated heterocycles. The summed E-state index contributed by atoms with van der Waals surface area (Å²) in [4.78, 5) is 22.4. The second-order valence-corrected chi connectivity index (χ2v) is 4.60. The number of hydrogen-bond donors (Lipinski definition) is 2. The van der Waals surface area contributed by atoms with Crippen LogP contribution in [0.15, 0.2) is 12.4 Å². The Balaban J connectivity index is 2.17. The van der Waals surface area contributed by atoms with Crippen LogP contribution in [0.4, 0.5) is 11.6 Å². The van der Waals surface area contributed by atoms with Crippen molar-refractivity contribution < 1.29 is 4.79 Å². The molecular weight excluding hydrogens is 242 g/mol. The molecule has 2 rings (SSSR count). The van der Waals surface area contributed by atoms with Gasteiger partial charge in [0.2, 0.25) is 5.91 Å². The molecule has 1 atom stereocenters.